The summed E-state index contributed by atoms with van der Waals surface area (Å²) in [6.45, 7) is 2.37. The van der Waals surface area contributed by atoms with Crippen molar-refractivity contribution in [2.75, 3.05) is 6.61 Å². The fourth-order valence-electron chi connectivity index (χ4n) is 1.16. The number of hydrogen-bond donors (Lipinski definition) is 0. The van der Waals surface area contributed by atoms with E-state index in [1.165, 1.54) is 0 Å². The lowest BCUT2D eigenvalue weighted by Crippen LogP contribution is -1.96. The van der Waals surface area contributed by atoms with Crippen molar-refractivity contribution in [3.05, 3.63) is 29.3 Å². The van der Waals surface area contributed by atoms with Crippen molar-refractivity contribution in [1.29, 1.82) is 5.26 Å². The van der Waals surface area contributed by atoms with E-state index in [2.05, 4.69) is 0 Å². The Balaban J connectivity index is 3.01. The van der Waals surface area contributed by atoms with E-state index in [4.69, 9.17) is 10.00 Å². The Morgan fingerprint density at radius 3 is 2.93 bits per heavy atom. The molecule has 1 rings (SSSR count). The molecule has 0 radical (unpaired) electrons. The van der Waals surface area contributed by atoms with Crippen LogP contribution in [-0.4, -0.2) is 12.9 Å². The summed E-state index contributed by atoms with van der Waals surface area (Å²) in [4.78, 5) is 10.3. The molecule has 0 unspecified atom stereocenters. The minimum Gasteiger partial charge on any atom is -0.492 e. The van der Waals surface area contributed by atoms with Gasteiger partial charge in [0.1, 0.15) is 18.1 Å². The van der Waals surface area contributed by atoms with Gasteiger partial charge in [0.05, 0.1) is 12.2 Å². The molecule has 72 valence electrons. The van der Waals surface area contributed by atoms with Crippen molar-refractivity contribution in [3.63, 3.8) is 0 Å². The van der Waals surface area contributed by atoms with Crippen LogP contribution in [0.15, 0.2) is 18.2 Å². The number of nitrogens with zero attached hydrogens (tertiary/aromatic N) is 1. The lowest BCUT2D eigenvalue weighted by Gasteiger charge is -2.06. The Hall–Kier alpha value is -1.82. The largest absolute Gasteiger partial charge is 0.492 e. The van der Waals surface area contributed by atoms with Crippen LogP contribution in [0.25, 0.3) is 0 Å². The van der Waals surface area contributed by atoms with Gasteiger partial charge in [-0.15, -0.1) is 0 Å². The molecule has 0 aliphatic carbocycles. The van der Waals surface area contributed by atoms with E-state index in [1.807, 2.05) is 13.0 Å². The van der Waals surface area contributed by atoms with E-state index >= 15 is 0 Å². The molecule has 3 heteroatoms. The van der Waals surface area contributed by atoms with Crippen LogP contribution < -0.4 is 4.74 Å². The highest BCUT2D eigenvalue weighted by atomic mass is 16.5. The summed E-state index contributed by atoms with van der Waals surface area (Å²) < 4.78 is 5.28. The molecule has 0 spiro atoms. The molecule has 0 N–H and O–H groups in total. The molecule has 0 heterocycles. The summed E-state index contributed by atoms with van der Waals surface area (Å²) in [5.41, 5.74) is 1.36. The average molecular weight is 189 g/mol. The maximum absolute atomic E-state index is 10.3. The van der Waals surface area contributed by atoms with E-state index in [0.717, 1.165) is 11.8 Å². The molecule has 0 saturated heterocycles. The normalized spacial score (nSPS) is 9.14. The lowest BCUT2D eigenvalue weighted by atomic mass is 10.1. The van der Waals surface area contributed by atoms with E-state index < -0.39 is 0 Å². The van der Waals surface area contributed by atoms with Crippen molar-refractivity contribution in [2.24, 2.45) is 0 Å². The zero-order valence-electron chi connectivity index (χ0n) is 7.99. The quantitative estimate of drug-likeness (QED) is 0.677. The number of nitriles is 1. The van der Waals surface area contributed by atoms with Gasteiger partial charge in [-0.2, -0.15) is 5.26 Å². The fourth-order valence-corrected chi connectivity index (χ4v) is 1.16. The van der Waals surface area contributed by atoms with Gasteiger partial charge in [0.15, 0.2) is 0 Å². The fraction of sp³-hybridized carbons (Fsp3) is 0.273. The molecule has 0 saturated carbocycles. The SMILES string of the molecule is CCOc1cc(CC=O)ccc1C#N. The number of rotatable bonds is 4. The summed E-state index contributed by atoms with van der Waals surface area (Å²) in [5.74, 6) is 0.550. The number of benzene rings is 1. The maximum atomic E-state index is 10.3. The van der Waals surface area contributed by atoms with Crippen LogP contribution in [-0.2, 0) is 11.2 Å². The molecule has 1 aromatic rings. The second-order valence-corrected chi connectivity index (χ2v) is 2.75. The van der Waals surface area contributed by atoms with Crippen molar-refractivity contribution >= 4 is 6.29 Å². The molecular formula is C11H11NO2. The molecule has 0 atom stereocenters. The zero-order valence-corrected chi connectivity index (χ0v) is 7.99. The highest BCUT2D eigenvalue weighted by Crippen LogP contribution is 2.19. The van der Waals surface area contributed by atoms with Crippen molar-refractivity contribution < 1.29 is 9.53 Å². The average Bonchev–Trinajstić information content (AvgIpc) is 2.19. The third kappa shape index (κ3) is 2.33. The topological polar surface area (TPSA) is 50.1 Å². The van der Waals surface area contributed by atoms with E-state index in [9.17, 15) is 4.79 Å². The Bertz CT molecular complexity index is 366. The van der Waals surface area contributed by atoms with Crippen LogP contribution in [0.5, 0.6) is 5.75 Å². The third-order valence-electron chi connectivity index (χ3n) is 1.79. The Morgan fingerprint density at radius 1 is 1.57 bits per heavy atom. The van der Waals surface area contributed by atoms with Crippen molar-refractivity contribution in [2.45, 2.75) is 13.3 Å². The van der Waals surface area contributed by atoms with Crippen LogP contribution in [0.2, 0.25) is 0 Å². The first-order valence-electron chi connectivity index (χ1n) is 4.41. The second-order valence-electron chi connectivity index (χ2n) is 2.75. The number of carbonyl (C=O) groups excluding carboxylic acids is 1. The highest BCUT2D eigenvalue weighted by Gasteiger charge is 2.03. The van der Waals surface area contributed by atoms with Crippen LogP contribution >= 0.6 is 0 Å². The molecule has 14 heavy (non-hydrogen) atoms. The van der Waals surface area contributed by atoms with E-state index in [-0.39, 0.29) is 0 Å². The summed E-state index contributed by atoms with van der Waals surface area (Å²) in [5, 5.41) is 8.77. The number of hydrogen-bond acceptors (Lipinski definition) is 3. The predicted octanol–water partition coefficient (Wildman–Crippen LogP) is 1.70. The minimum atomic E-state index is 0.353. The molecule has 1 aromatic carbocycles. The molecule has 0 aliphatic rings. The van der Waals surface area contributed by atoms with Crippen LogP contribution in [0.1, 0.15) is 18.1 Å². The van der Waals surface area contributed by atoms with Gasteiger partial charge in [-0.25, -0.2) is 0 Å². The summed E-state index contributed by atoms with van der Waals surface area (Å²) in [6.07, 6.45) is 1.18. The predicted molar refractivity (Wildman–Crippen MR) is 52.1 cm³/mol. The van der Waals surface area contributed by atoms with Gasteiger partial charge in [0, 0.05) is 6.42 Å². The number of carbonyl (C=O) groups is 1. The summed E-state index contributed by atoms with van der Waals surface area (Å²) >= 11 is 0. The molecule has 0 aromatic heterocycles. The van der Waals surface area contributed by atoms with Gasteiger partial charge in [0.25, 0.3) is 0 Å². The molecule has 0 amide bonds. The molecule has 0 bridgehead atoms. The minimum absolute atomic E-state index is 0.353. The molecule has 3 nitrogen and oxygen atoms in total. The molecular weight excluding hydrogens is 178 g/mol. The first kappa shape index (κ1) is 10.3. The summed E-state index contributed by atoms with van der Waals surface area (Å²) in [6, 6.07) is 7.20. The Labute approximate surface area is 82.9 Å². The lowest BCUT2D eigenvalue weighted by molar-refractivity contribution is -0.107. The molecule has 0 aliphatic heterocycles. The van der Waals surface area contributed by atoms with Gasteiger partial charge in [0.2, 0.25) is 0 Å². The molecule has 0 fully saturated rings. The van der Waals surface area contributed by atoms with E-state index in [1.54, 1.807) is 18.2 Å². The van der Waals surface area contributed by atoms with Gasteiger partial charge in [-0.3, -0.25) is 0 Å². The second kappa shape index (κ2) is 5.03. The van der Waals surface area contributed by atoms with Crippen molar-refractivity contribution in [1.82, 2.24) is 0 Å². The summed E-state index contributed by atoms with van der Waals surface area (Å²) in [7, 11) is 0. The Morgan fingerprint density at radius 2 is 2.36 bits per heavy atom. The van der Waals surface area contributed by atoms with Gasteiger partial charge in [-0.05, 0) is 24.6 Å². The third-order valence-corrected chi connectivity index (χ3v) is 1.79. The van der Waals surface area contributed by atoms with Gasteiger partial charge < -0.3 is 9.53 Å². The highest BCUT2D eigenvalue weighted by molar-refractivity contribution is 5.57. The van der Waals surface area contributed by atoms with Crippen LogP contribution in [0, 0.1) is 11.3 Å². The van der Waals surface area contributed by atoms with Gasteiger partial charge in [-0.1, -0.05) is 6.07 Å². The zero-order chi connectivity index (χ0) is 10.4. The van der Waals surface area contributed by atoms with Crippen LogP contribution in [0.4, 0.5) is 0 Å². The Kier molecular flexibility index (Phi) is 3.69. The first-order chi connectivity index (χ1) is 6.81. The number of aldehydes is 1. The standard InChI is InChI=1S/C11H11NO2/c1-2-14-11-7-9(5-6-13)3-4-10(11)8-12/h3-4,6-7H,2,5H2,1H3. The first-order valence-corrected chi connectivity index (χ1v) is 4.41. The van der Waals surface area contributed by atoms with Crippen LogP contribution in [0.3, 0.4) is 0 Å². The van der Waals surface area contributed by atoms with Gasteiger partial charge >= 0.3 is 0 Å². The monoisotopic (exact) mass is 189 g/mol. The van der Waals surface area contributed by atoms with Crippen molar-refractivity contribution in [3.8, 4) is 11.8 Å². The maximum Gasteiger partial charge on any atom is 0.137 e. The van der Waals surface area contributed by atoms with E-state index in [0.29, 0.717) is 24.3 Å². The smallest absolute Gasteiger partial charge is 0.137 e. The number of ether oxygens (including phenoxy) is 1.